The molecule has 2 unspecified atom stereocenters. The molecule has 1 N–H and O–H groups in total. The minimum absolute atomic E-state index is 0.0787. The summed E-state index contributed by atoms with van der Waals surface area (Å²) in [5, 5.41) is 10.6. The average Bonchev–Trinajstić information content (AvgIpc) is 3.46. The molecule has 1 spiro atoms. The van der Waals surface area contributed by atoms with Gasteiger partial charge in [0.1, 0.15) is 6.04 Å². The van der Waals surface area contributed by atoms with Gasteiger partial charge in [-0.05, 0) is 57.1 Å². The summed E-state index contributed by atoms with van der Waals surface area (Å²) in [4.78, 5) is 48.5. The summed E-state index contributed by atoms with van der Waals surface area (Å²) in [6.45, 7) is 18.3. The van der Waals surface area contributed by atoms with Gasteiger partial charge in [0.25, 0.3) is 5.91 Å². The van der Waals surface area contributed by atoms with Gasteiger partial charge in [-0.15, -0.1) is 24.9 Å². The van der Waals surface area contributed by atoms with Gasteiger partial charge in [-0.1, -0.05) is 44.2 Å². The fourth-order valence-corrected chi connectivity index (χ4v) is 9.88. The fraction of sp³-hybridized carbons (Fsp3) is 0.594. The first-order valence-corrected chi connectivity index (χ1v) is 15.2. The molecule has 7 nitrogen and oxygen atoms in total. The second kappa shape index (κ2) is 11.4. The third-order valence-electron chi connectivity index (χ3n) is 9.13. The predicted molar refractivity (Wildman–Crippen MR) is 162 cm³/mol. The molecular weight excluding hydrogens is 522 g/mol. The first kappa shape index (κ1) is 30.4. The number of carbonyl (C=O) groups is 3. The number of aryl methyl sites for hydroxylation is 2. The van der Waals surface area contributed by atoms with E-state index in [2.05, 4.69) is 33.9 Å². The Labute approximate surface area is 243 Å². The average molecular weight is 568 g/mol. The molecule has 218 valence electrons. The maximum atomic E-state index is 14.9. The van der Waals surface area contributed by atoms with Crippen LogP contribution in [0.4, 0.5) is 5.69 Å². The lowest BCUT2D eigenvalue weighted by molar-refractivity contribution is -0.146. The molecule has 1 aromatic carbocycles. The zero-order valence-electron chi connectivity index (χ0n) is 24.9. The molecule has 3 aliphatic heterocycles. The number of likely N-dealkylation sites (N-methyl/N-ethyl adjacent to an activating group) is 1. The van der Waals surface area contributed by atoms with Crippen molar-refractivity contribution in [1.82, 2.24) is 9.80 Å². The Morgan fingerprint density at radius 3 is 2.33 bits per heavy atom. The van der Waals surface area contributed by atoms with Crippen LogP contribution in [0.25, 0.3) is 0 Å². The number of benzene rings is 1. The van der Waals surface area contributed by atoms with Crippen LogP contribution in [0.3, 0.4) is 0 Å². The van der Waals surface area contributed by atoms with E-state index in [9.17, 15) is 19.5 Å². The lowest BCUT2D eigenvalue weighted by atomic mass is 9.66. The highest BCUT2D eigenvalue weighted by molar-refractivity contribution is 8.02. The second-order valence-electron chi connectivity index (χ2n) is 12.4. The van der Waals surface area contributed by atoms with Crippen molar-refractivity contribution in [3.8, 4) is 0 Å². The molecule has 3 fully saturated rings. The van der Waals surface area contributed by atoms with E-state index >= 15 is 0 Å². The quantitative estimate of drug-likeness (QED) is 0.402. The van der Waals surface area contributed by atoms with Crippen molar-refractivity contribution in [3.63, 3.8) is 0 Å². The van der Waals surface area contributed by atoms with E-state index in [0.29, 0.717) is 25.9 Å². The van der Waals surface area contributed by atoms with E-state index in [-0.39, 0.29) is 30.2 Å². The number of rotatable bonds is 11. The molecule has 2 bridgehead atoms. The molecule has 3 amide bonds. The molecule has 3 heterocycles. The molecule has 8 heteroatoms. The molecule has 6 atom stereocenters. The fourth-order valence-electron chi connectivity index (χ4n) is 7.55. The first-order valence-electron chi connectivity index (χ1n) is 14.4. The first-order chi connectivity index (χ1) is 18.9. The minimum Gasteiger partial charge on any atom is -0.394 e. The molecule has 1 aromatic rings. The standard InChI is InChI=1S/C32H45N3O4S/c1-9-16-33(8)28(37)24-25-29(38)35(23(19-36)18-20(3)4)27(32(25)15-14-31(24,7)40-32)30(39)34(17-10-2)26-21(5)12-11-13-22(26)6/h9-13,20,23-25,27,36H,1-2,14-19H2,3-8H3/t23-,24+,25+,27?,31-,32?/m1/s1. The van der Waals surface area contributed by atoms with E-state index in [1.807, 2.05) is 32.0 Å². The van der Waals surface area contributed by atoms with Crippen LogP contribution in [0.5, 0.6) is 0 Å². The van der Waals surface area contributed by atoms with Gasteiger partial charge in [0.05, 0.1) is 29.2 Å². The summed E-state index contributed by atoms with van der Waals surface area (Å²) in [7, 11) is 1.75. The van der Waals surface area contributed by atoms with Crippen LogP contribution in [-0.2, 0) is 14.4 Å². The van der Waals surface area contributed by atoms with Crippen LogP contribution in [0.1, 0.15) is 51.2 Å². The van der Waals surface area contributed by atoms with Gasteiger partial charge in [-0.3, -0.25) is 14.4 Å². The summed E-state index contributed by atoms with van der Waals surface area (Å²) in [5.41, 5.74) is 2.76. The zero-order valence-corrected chi connectivity index (χ0v) is 25.7. The van der Waals surface area contributed by atoms with Crippen molar-refractivity contribution in [3.05, 3.63) is 54.6 Å². The van der Waals surface area contributed by atoms with E-state index in [1.165, 1.54) is 0 Å². The number of para-hydroxylation sites is 1. The number of nitrogens with zero attached hydrogens (tertiary/aromatic N) is 3. The van der Waals surface area contributed by atoms with Gasteiger partial charge in [-0.2, -0.15) is 0 Å². The lowest BCUT2D eigenvalue weighted by Gasteiger charge is -2.40. The molecule has 0 saturated carbocycles. The van der Waals surface area contributed by atoms with E-state index in [4.69, 9.17) is 0 Å². The van der Waals surface area contributed by atoms with Crippen LogP contribution in [0.15, 0.2) is 43.5 Å². The minimum atomic E-state index is -0.797. The van der Waals surface area contributed by atoms with Crippen molar-refractivity contribution >= 4 is 35.2 Å². The zero-order chi connectivity index (χ0) is 29.6. The van der Waals surface area contributed by atoms with Gasteiger partial charge >= 0.3 is 0 Å². The van der Waals surface area contributed by atoms with Gasteiger partial charge in [0, 0.05) is 30.6 Å². The smallest absolute Gasteiger partial charge is 0.251 e. The van der Waals surface area contributed by atoms with Crippen LogP contribution >= 0.6 is 11.8 Å². The number of hydrogen-bond acceptors (Lipinski definition) is 5. The SMILES string of the molecule is C=CCN(C)C(=O)[C@@H]1[C@H]2C(=O)N([C@@H](CO)CC(C)C)C(C(=O)N(CC=C)c3c(C)cccc3C)C23CC[C@@]1(C)S3. The van der Waals surface area contributed by atoms with Crippen molar-refractivity contribution in [1.29, 1.82) is 0 Å². The maximum absolute atomic E-state index is 14.9. The van der Waals surface area contributed by atoms with Gasteiger partial charge in [0.15, 0.2) is 0 Å². The Morgan fingerprint density at radius 1 is 1.15 bits per heavy atom. The summed E-state index contributed by atoms with van der Waals surface area (Å²) >= 11 is 1.66. The van der Waals surface area contributed by atoms with Crippen molar-refractivity contribution in [2.24, 2.45) is 17.8 Å². The highest BCUT2D eigenvalue weighted by atomic mass is 32.2. The Hall–Kier alpha value is -2.58. The van der Waals surface area contributed by atoms with Gasteiger partial charge < -0.3 is 19.8 Å². The Balaban J connectivity index is 1.89. The summed E-state index contributed by atoms with van der Waals surface area (Å²) in [6, 6.07) is 4.63. The monoisotopic (exact) mass is 567 g/mol. The third kappa shape index (κ3) is 4.71. The van der Waals surface area contributed by atoms with Crippen molar-refractivity contribution in [2.75, 3.05) is 31.6 Å². The number of thioether (sulfide) groups is 1. The number of anilines is 1. The largest absolute Gasteiger partial charge is 0.394 e. The normalized spacial score (nSPS) is 29.4. The summed E-state index contributed by atoms with van der Waals surface area (Å²) in [6.07, 6.45) is 5.39. The van der Waals surface area contributed by atoms with Crippen molar-refractivity contribution < 1.29 is 19.5 Å². The molecule has 0 radical (unpaired) electrons. The van der Waals surface area contributed by atoms with E-state index in [0.717, 1.165) is 23.2 Å². The number of aliphatic hydroxyl groups excluding tert-OH is 1. The molecule has 40 heavy (non-hydrogen) atoms. The van der Waals surface area contributed by atoms with Crippen LogP contribution < -0.4 is 4.90 Å². The molecule has 0 aliphatic carbocycles. The third-order valence-corrected chi connectivity index (χ3v) is 11.1. The number of aliphatic hydroxyl groups is 1. The number of carbonyl (C=O) groups excluding carboxylic acids is 3. The Morgan fingerprint density at radius 2 is 1.77 bits per heavy atom. The summed E-state index contributed by atoms with van der Waals surface area (Å²) < 4.78 is -1.20. The number of hydrogen-bond donors (Lipinski definition) is 1. The number of amides is 3. The van der Waals surface area contributed by atoms with Crippen LogP contribution in [0, 0.1) is 31.6 Å². The maximum Gasteiger partial charge on any atom is 0.251 e. The molecule has 3 aliphatic rings. The molecule has 4 rings (SSSR count). The summed E-state index contributed by atoms with van der Waals surface area (Å²) in [5.74, 6) is -1.40. The highest BCUT2D eigenvalue weighted by Gasteiger charge is 2.78. The highest BCUT2D eigenvalue weighted by Crippen LogP contribution is 2.72. The Bertz CT molecular complexity index is 1180. The topological polar surface area (TPSA) is 81.2 Å². The number of fused-ring (bicyclic) bond motifs is 1. The van der Waals surface area contributed by atoms with Crippen LogP contribution in [-0.4, -0.2) is 80.9 Å². The number of likely N-dealkylation sites (tertiary alicyclic amines) is 1. The van der Waals surface area contributed by atoms with Gasteiger partial charge in [-0.25, -0.2) is 0 Å². The van der Waals surface area contributed by atoms with E-state index in [1.54, 1.807) is 45.7 Å². The molecule has 3 saturated heterocycles. The van der Waals surface area contributed by atoms with Crippen LogP contribution in [0.2, 0.25) is 0 Å². The predicted octanol–water partition coefficient (Wildman–Crippen LogP) is 4.36. The molecular formula is C32H45N3O4S. The molecule has 0 aromatic heterocycles. The van der Waals surface area contributed by atoms with Gasteiger partial charge in [0.2, 0.25) is 11.8 Å². The Kier molecular flexibility index (Phi) is 8.63. The van der Waals surface area contributed by atoms with E-state index < -0.39 is 33.4 Å². The van der Waals surface area contributed by atoms with Crippen molar-refractivity contribution in [2.45, 2.75) is 75.5 Å². The lowest BCUT2D eigenvalue weighted by Crippen LogP contribution is -2.58. The second-order valence-corrected chi connectivity index (χ2v) is 14.3.